The maximum atomic E-state index is 13.9. The molecule has 6 heteroatoms. The van der Waals surface area contributed by atoms with Crippen LogP contribution in [0.5, 0.6) is 5.75 Å². The minimum absolute atomic E-state index is 0.110. The van der Waals surface area contributed by atoms with Gasteiger partial charge < -0.3 is 15.0 Å². The van der Waals surface area contributed by atoms with Crippen LogP contribution in [-0.2, 0) is 29.0 Å². The summed E-state index contributed by atoms with van der Waals surface area (Å²) in [5, 5.41) is 3.78. The Hall–Kier alpha value is -3.31. The Balaban J connectivity index is 1.67. The van der Waals surface area contributed by atoms with Crippen molar-refractivity contribution in [2.45, 2.75) is 57.2 Å². The number of hydrogen-bond donors (Lipinski definition) is 1. The van der Waals surface area contributed by atoms with E-state index in [1.807, 2.05) is 72.8 Å². The zero-order chi connectivity index (χ0) is 25.3. The maximum absolute atomic E-state index is 13.9. The summed E-state index contributed by atoms with van der Waals surface area (Å²) < 4.78 is 5.40. The summed E-state index contributed by atoms with van der Waals surface area (Å²) >= 11 is 6.39. The SMILES string of the molecule is COc1cccc(CN(C(=O)Cc2ccccc2Cl)[C@H](Cc2ccccc2)C(=O)NC2CCCC2)c1. The summed E-state index contributed by atoms with van der Waals surface area (Å²) in [6.45, 7) is 0.288. The highest BCUT2D eigenvalue weighted by Crippen LogP contribution is 2.23. The quantitative estimate of drug-likeness (QED) is 0.391. The number of benzene rings is 3. The average Bonchev–Trinajstić information content (AvgIpc) is 3.41. The molecule has 0 bridgehead atoms. The Morgan fingerprint density at radius 1 is 0.972 bits per heavy atom. The summed E-state index contributed by atoms with van der Waals surface area (Å²) in [5.41, 5.74) is 2.65. The van der Waals surface area contributed by atoms with E-state index in [1.165, 1.54) is 0 Å². The Kier molecular flexibility index (Phi) is 9.01. The van der Waals surface area contributed by atoms with Gasteiger partial charge in [0.1, 0.15) is 11.8 Å². The number of nitrogens with zero attached hydrogens (tertiary/aromatic N) is 1. The molecule has 0 spiro atoms. The normalized spacial score (nSPS) is 14.3. The molecule has 3 aromatic carbocycles. The zero-order valence-electron chi connectivity index (χ0n) is 20.7. The Morgan fingerprint density at radius 2 is 1.67 bits per heavy atom. The van der Waals surface area contributed by atoms with Crippen molar-refractivity contribution in [2.24, 2.45) is 0 Å². The predicted octanol–water partition coefficient (Wildman–Crippen LogP) is 5.59. The molecule has 36 heavy (non-hydrogen) atoms. The number of carbonyl (C=O) groups is 2. The topological polar surface area (TPSA) is 58.6 Å². The van der Waals surface area contributed by atoms with E-state index in [9.17, 15) is 9.59 Å². The number of amides is 2. The number of halogens is 1. The molecule has 4 rings (SSSR count). The van der Waals surface area contributed by atoms with E-state index in [0.717, 1.165) is 42.4 Å². The highest BCUT2D eigenvalue weighted by Gasteiger charge is 2.32. The molecule has 0 saturated heterocycles. The van der Waals surface area contributed by atoms with Gasteiger partial charge in [-0.1, -0.05) is 85.1 Å². The lowest BCUT2D eigenvalue weighted by molar-refractivity contribution is -0.141. The van der Waals surface area contributed by atoms with E-state index in [-0.39, 0.29) is 30.8 Å². The van der Waals surface area contributed by atoms with Gasteiger partial charge in [0.15, 0.2) is 0 Å². The van der Waals surface area contributed by atoms with E-state index < -0.39 is 6.04 Å². The first-order valence-electron chi connectivity index (χ1n) is 12.5. The second-order valence-corrected chi connectivity index (χ2v) is 9.74. The minimum Gasteiger partial charge on any atom is -0.497 e. The fraction of sp³-hybridized carbons (Fsp3) is 0.333. The molecule has 188 valence electrons. The Morgan fingerprint density at radius 3 is 2.39 bits per heavy atom. The Labute approximate surface area is 218 Å². The molecule has 0 aromatic heterocycles. The highest BCUT2D eigenvalue weighted by molar-refractivity contribution is 6.31. The molecule has 0 heterocycles. The van der Waals surface area contributed by atoms with E-state index in [2.05, 4.69) is 5.32 Å². The fourth-order valence-electron chi connectivity index (χ4n) is 4.80. The molecule has 0 unspecified atom stereocenters. The van der Waals surface area contributed by atoms with Crippen LogP contribution in [0.15, 0.2) is 78.9 Å². The summed E-state index contributed by atoms with van der Waals surface area (Å²) in [5.74, 6) is 0.454. The smallest absolute Gasteiger partial charge is 0.243 e. The van der Waals surface area contributed by atoms with Crippen LogP contribution in [0.1, 0.15) is 42.4 Å². The zero-order valence-corrected chi connectivity index (χ0v) is 21.4. The van der Waals surface area contributed by atoms with Crippen LogP contribution in [0, 0.1) is 0 Å². The van der Waals surface area contributed by atoms with E-state index in [0.29, 0.717) is 17.2 Å². The van der Waals surface area contributed by atoms with Gasteiger partial charge in [-0.15, -0.1) is 0 Å². The second kappa shape index (κ2) is 12.6. The lowest BCUT2D eigenvalue weighted by Gasteiger charge is -2.32. The van der Waals surface area contributed by atoms with Gasteiger partial charge in [-0.2, -0.15) is 0 Å². The number of methoxy groups -OCH3 is 1. The molecular formula is C30H33ClN2O3. The van der Waals surface area contributed by atoms with Crippen LogP contribution >= 0.6 is 11.6 Å². The lowest BCUT2D eigenvalue weighted by atomic mass is 10.0. The van der Waals surface area contributed by atoms with E-state index in [4.69, 9.17) is 16.3 Å². The molecule has 1 saturated carbocycles. The summed E-state index contributed by atoms with van der Waals surface area (Å²) in [7, 11) is 1.62. The third kappa shape index (κ3) is 6.88. The van der Waals surface area contributed by atoms with Crippen LogP contribution in [0.2, 0.25) is 5.02 Å². The third-order valence-corrected chi connectivity index (χ3v) is 7.13. The van der Waals surface area contributed by atoms with Crippen molar-refractivity contribution in [3.63, 3.8) is 0 Å². The van der Waals surface area contributed by atoms with E-state index >= 15 is 0 Å². The van der Waals surface area contributed by atoms with Gasteiger partial charge in [-0.25, -0.2) is 0 Å². The van der Waals surface area contributed by atoms with Crippen molar-refractivity contribution >= 4 is 23.4 Å². The van der Waals surface area contributed by atoms with Crippen LogP contribution in [0.4, 0.5) is 0 Å². The van der Waals surface area contributed by atoms with E-state index in [1.54, 1.807) is 18.1 Å². The fourth-order valence-corrected chi connectivity index (χ4v) is 5.00. The van der Waals surface area contributed by atoms with Crippen molar-refractivity contribution in [1.82, 2.24) is 10.2 Å². The van der Waals surface area contributed by atoms with Crippen molar-refractivity contribution in [1.29, 1.82) is 0 Å². The monoisotopic (exact) mass is 504 g/mol. The van der Waals surface area contributed by atoms with Crippen LogP contribution in [-0.4, -0.2) is 35.9 Å². The molecular weight excluding hydrogens is 472 g/mol. The van der Waals surface area contributed by atoms with Crippen molar-refractivity contribution < 1.29 is 14.3 Å². The number of rotatable bonds is 10. The molecule has 0 aliphatic heterocycles. The first-order valence-corrected chi connectivity index (χ1v) is 12.9. The first-order chi connectivity index (χ1) is 17.5. The average molecular weight is 505 g/mol. The summed E-state index contributed by atoms with van der Waals surface area (Å²) in [4.78, 5) is 29.3. The number of carbonyl (C=O) groups excluding carboxylic acids is 2. The standard InChI is InChI=1S/C30H33ClN2O3/c1-36-26-16-9-12-23(18-26)21-33(29(34)20-24-13-5-8-17-27(24)31)28(19-22-10-3-2-4-11-22)30(35)32-25-14-6-7-15-25/h2-5,8-13,16-18,25,28H,6-7,14-15,19-21H2,1H3,(H,32,35)/t28-/m1/s1. The summed E-state index contributed by atoms with van der Waals surface area (Å²) in [6, 6.07) is 24.3. The van der Waals surface area contributed by atoms with Crippen molar-refractivity contribution in [2.75, 3.05) is 7.11 Å². The molecule has 5 nitrogen and oxygen atoms in total. The number of ether oxygens (including phenoxy) is 1. The van der Waals surface area contributed by atoms with Crippen LogP contribution < -0.4 is 10.1 Å². The van der Waals surface area contributed by atoms with Gasteiger partial charge in [0.2, 0.25) is 11.8 Å². The van der Waals surface area contributed by atoms with Crippen molar-refractivity contribution in [3.8, 4) is 5.75 Å². The minimum atomic E-state index is -0.658. The first kappa shape index (κ1) is 25.8. The van der Waals surface area contributed by atoms with Gasteiger partial charge in [-0.3, -0.25) is 9.59 Å². The molecule has 1 N–H and O–H groups in total. The van der Waals surface area contributed by atoms with Gasteiger partial charge in [0, 0.05) is 24.0 Å². The highest BCUT2D eigenvalue weighted by atomic mass is 35.5. The Bertz CT molecular complexity index is 1160. The number of nitrogens with one attached hydrogen (secondary N) is 1. The summed E-state index contributed by atoms with van der Waals surface area (Å²) in [6.07, 6.45) is 4.74. The predicted molar refractivity (Wildman–Crippen MR) is 143 cm³/mol. The largest absolute Gasteiger partial charge is 0.497 e. The lowest BCUT2D eigenvalue weighted by Crippen LogP contribution is -2.52. The molecule has 2 amide bonds. The second-order valence-electron chi connectivity index (χ2n) is 9.34. The third-order valence-electron chi connectivity index (χ3n) is 6.76. The van der Waals surface area contributed by atoms with Crippen LogP contribution in [0.25, 0.3) is 0 Å². The molecule has 1 atom stereocenters. The van der Waals surface area contributed by atoms with Gasteiger partial charge >= 0.3 is 0 Å². The molecule has 3 aromatic rings. The molecule has 1 fully saturated rings. The number of hydrogen-bond acceptors (Lipinski definition) is 3. The van der Waals surface area contributed by atoms with Gasteiger partial charge in [0.05, 0.1) is 13.5 Å². The van der Waals surface area contributed by atoms with Gasteiger partial charge in [-0.05, 0) is 47.7 Å². The van der Waals surface area contributed by atoms with Crippen molar-refractivity contribution in [3.05, 3.63) is 101 Å². The van der Waals surface area contributed by atoms with Gasteiger partial charge in [0.25, 0.3) is 0 Å². The maximum Gasteiger partial charge on any atom is 0.243 e. The molecule has 1 aliphatic rings. The van der Waals surface area contributed by atoms with Crippen LogP contribution in [0.3, 0.4) is 0 Å². The molecule has 1 aliphatic carbocycles. The molecule has 0 radical (unpaired) electrons.